The molecule has 0 saturated heterocycles. The third-order valence-electron chi connectivity index (χ3n) is 0. The van der Waals surface area contributed by atoms with Crippen LogP contribution in [0.15, 0.2) is 0 Å². The maximum absolute atomic E-state index is 0. The van der Waals surface area contributed by atoms with Crippen LogP contribution in [0.4, 0.5) is 0 Å². The molecule has 0 saturated carbocycles. The first-order valence-corrected chi connectivity index (χ1v) is 0. The van der Waals surface area contributed by atoms with Crippen molar-refractivity contribution in [1.29, 1.82) is 0 Å². The van der Waals surface area contributed by atoms with Crippen LogP contribution in [0.25, 0.3) is 0 Å². The molecule has 3 radical (unpaired) electrons. The van der Waals surface area contributed by atoms with E-state index >= 15 is 0 Å². The molecule has 5 heteroatoms. The molecular weight excluding hydrogens is 933 g/mol. The van der Waals surface area contributed by atoms with Gasteiger partial charge in [-0.25, -0.2) is 0 Å². The summed E-state index contributed by atoms with van der Waals surface area (Å²) in [5, 5.41) is 0. The molecule has 0 unspecified atom stereocenters. The Morgan fingerprint density at radius 2 is 1.00 bits per heavy atom. The van der Waals surface area contributed by atoms with E-state index in [-0.39, 0.29) is 104 Å². The smallest absolute Gasteiger partial charge is 0 e. The van der Waals surface area contributed by atoms with Crippen LogP contribution in [0, 0.1) is 0 Å². The van der Waals surface area contributed by atoms with Crippen molar-refractivity contribution in [3.05, 3.63) is 0 Å². The van der Waals surface area contributed by atoms with Crippen molar-refractivity contribution in [2.24, 2.45) is 0 Å². The summed E-state index contributed by atoms with van der Waals surface area (Å²) < 4.78 is 0. The summed E-state index contributed by atoms with van der Waals surface area (Å²) in [5.74, 6) is 0. The van der Waals surface area contributed by atoms with E-state index in [0.29, 0.717) is 0 Å². The second-order valence-corrected chi connectivity index (χ2v) is 0. The monoisotopic (exact) mass is 937 g/mol. The normalized spacial score (nSPS) is 0. The van der Waals surface area contributed by atoms with Gasteiger partial charge in [0.05, 0.1) is 0 Å². The minimum Gasteiger partial charge on any atom is 0 e. The Morgan fingerprint density at radius 3 is 1.00 bits per heavy atom. The van der Waals surface area contributed by atoms with E-state index in [4.69, 9.17) is 0 Å². The van der Waals surface area contributed by atoms with Gasteiger partial charge < -0.3 is 0 Å². The number of hydrogen-bond donors (Lipinski definition) is 0. The minimum absolute atomic E-state index is 0. The molecule has 0 aliphatic carbocycles. The fourth-order valence-electron chi connectivity index (χ4n) is 0. The molecule has 0 nitrogen and oxygen atoms in total. The predicted octanol–water partition coefficient (Wildman–Crippen LogP) is -0.0125. The van der Waals surface area contributed by atoms with E-state index in [9.17, 15) is 0 Å². The molecule has 0 rings (SSSR count). The average molecular weight is 933 g/mol. The van der Waals surface area contributed by atoms with E-state index in [1.54, 1.807) is 0 Å². The number of rotatable bonds is 0. The largest absolute Gasteiger partial charge is 0 e. The SMILES string of the molecule is [Ir].[Os].[Re].[Ta].[W]. The first-order chi connectivity index (χ1) is 0. The fraction of sp³-hybridized carbons (Fsp3) is 0. The van der Waals surface area contributed by atoms with Crippen molar-refractivity contribution in [2.45, 2.75) is 0 Å². The van der Waals surface area contributed by atoms with E-state index in [0.717, 1.165) is 0 Å². The molecular formula is IrOsReTaW. The molecule has 0 heterocycles. The summed E-state index contributed by atoms with van der Waals surface area (Å²) in [6.45, 7) is 0. The molecule has 0 aromatic carbocycles. The molecule has 0 aliphatic heterocycles. The van der Waals surface area contributed by atoms with E-state index < -0.39 is 0 Å². The van der Waals surface area contributed by atoms with Gasteiger partial charge >= 0.3 is 0 Å². The summed E-state index contributed by atoms with van der Waals surface area (Å²) in [6, 6.07) is 0. The first kappa shape index (κ1) is 40.0. The van der Waals surface area contributed by atoms with Crippen molar-refractivity contribution >= 4 is 0 Å². The molecule has 5 heavy (non-hydrogen) atoms. The van der Waals surface area contributed by atoms with E-state index in [1.807, 2.05) is 0 Å². The molecule has 35 valence electrons. The van der Waals surface area contributed by atoms with Crippen LogP contribution in [0.2, 0.25) is 0 Å². The van der Waals surface area contributed by atoms with Crippen LogP contribution in [0.3, 0.4) is 0 Å². The number of hydrogen-bond acceptors (Lipinski definition) is 0. The van der Waals surface area contributed by atoms with Gasteiger partial charge in [-0.2, -0.15) is 0 Å². The summed E-state index contributed by atoms with van der Waals surface area (Å²) >= 11 is 0. The van der Waals surface area contributed by atoms with Crippen LogP contribution < -0.4 is 0 Å². The van der Waals surface area contributed by atoms with Gasteiger partial charge in [0, 0.05) is 104 Å². The quantitative estimate of drug-likeness (QED) is 0.321. The van der Waals surface area contributed by atoms with E-state index in [2.05, 4.69) is 0 Å². The Hall–Kier alpha value is 3.38. The third kappa shape index (κ3) is 18.7. The van der Waals surface area contributed by atoms with Gasteiger partial charge in [-0.1, -0.05) is 0 Å². The van der Waals surface area contributed by atoms with Crippen molar-refractivity contribution in [1.82, 2.24) is 0 Å². The van der Waals surface area contributed by atoms with Crippen LogP contribution in [0.5, 0.6) is 0 Å². The zero-order valence-corrected chi connectivity index (χ0v) is 15.7. The molecule has 0 N–H and O–H groups in total. The predicted molar refractivity (Wildman–Crippen MR) is 0 cm³/mol. The molecule has 0 bridgehead atoms. The minimum atomic E-state index is 0. The zero-order valence-electron chi connectivity index (χ0n) is 1.92. The topological polar surface area (TPSA) is 0 Å². The second-order valence-electron chi connectivity index (χ2n) is 0. The van der Waals surface area contributed by atoms with Crippen LogP contribution in [0.1, 0.15) is 0 Å². The van der Waals surface area contributed by atoms with Crippen LogP contribution >= 0.6 is 0 Å². The average Bonchev–Trinajstić information content (AvgIpc) is 0. The second kappa shape index (κ2) is 26.3. The first-order valence-electron chi connectivity index (χ1n) is 0. The van der Waals surface area contributed by atoms with E-state index in [1.165, 1.54) is 0 Å². The van der Waals surface area contributed by atoms with Gasteiger partial charge in [0.25, 0.3) is 0 Å². The Labute approximate surface area is 102 Å². The molecule has 0 aliphatic rings. The molecule has 0 aromatic heterocycles. The van der Waals surface area contributed by atoms with Gasteiger partial charge in [0.1, 0.15) is 0 Å². The van der Waals surface area contributed by atoms with Crippen molar-refractivity contribution in [3.63, 3.8) is 0 Å². The molecule has 0 spiro atoms. The summed E-state index contributed by atoms with van der Waals surface area (Å²) in [6.07, 6.45) is 0. The standard InChI is InChI=1S/Ir.Os.Re.Ta.W. The fourth-order valence-corrected chi connectivity index (χ4v) is 0. The van der Waals surface area contributed by atoms with Gasteiger partial charge in [-0.3, -0.25) is 0 Å². The summed E-state index contributed by atoms with van der Waals surface area (Å²) in [4.78, 5) is 0. The third-order valence-corrected chi connectivity index (χ3v) is 0. The Bertz CT molecular complexity index is 11.6. The van der Waals surface area contributed by atoms with Crippen LogP contribution in [-0.4, -0.2) is 0 Å². The van der Waals surface area contributed by atoms with Gasteiger partial charge in [0.2, 0.25) is 0 Å². The Morgan fingerprint density at radius 1 is 1.00 bits per heavy atom. The van der Waals surface area contributed by atoms with Gasteiger partial charge in [-0.15, -0.1) is 0 Å². The van der Waals surface area contributed by atoms with Crippen molar-refractivity contribution < 1.29 is 104 Å². The van der Waals surface area contributed by atoms with Gasteiger partial charge in [0.15, 0.2) is 0 Å². The maximum atomic E-state index is 0. The maximum Gasteiger partial charge on any atom is 0 e. The molecule has 0 aromatic rings. The zero-order chi connectivity index (χ0) is 0. The van der Waals surface area contributed by atoms with Crippen molar-refractivity contribution in [2.75, 3.05) is 0 Å². The van der Waals surface area contributed by atoms with Crippen LogP contribution in [-0.2, 0) is 104 Å². The Balaban J connectivity index is 0. The Kier molecular flexibility index (Phi) is 210. The molecule has 0 atom stereocenters. The molecule has 0 amide bonds. The van der Waals surface area contributed by atoms with Gasteiger partial charge in [-0.05, 0) is 0 Å². The molecule has 0 fully saturated rings. The van der Waals surface area contributed by atoms with Crippen molar-refractivity contribution in [3.8, 4) is 0 Å². The summed E-state index contributed by atoms with van der Waals surface area (Å²) in [5.41, 5.74) is 0. The summed E-state index contributed by atoms with van der Waals surface area (Å²) in [7, 11) is 0.